The molecule has 0 unspecified atom stereocenters. The number of rotatable bonds is 2. The van der Waals surface area contributed by atoms with Crippen molar-refractivity contribution in [2.45, 2.75) is 6.42 Å². The van der Waals surface area contributed by atoms with Gasteiger partial charge in [-0.3, -0.25) is 0 Å². The normalized spacial score (nSPS) is 10.6. The third-order valence-electron chi connectivity index (χ3n) is 2.25. The van der Waals surface area contributed by atoms with Crippen molar-refractivity contribution in [1.29, 1.82) is 0 Å². The first kappa shape index (κ1) is 11.6. The summed E-state index contributed by atoms with van der Waals surface area (Å²) in [5.74, 6) is -2.84. The molecule has 0 nitrogen and oxygen atoms in total. The smallest absolute Gasteiger partial charge is 0.126 e. The quantitative estimate of drug-likeness (QED) is 0.700. The molecule has 17 heavy (non-hydrogen) atoms. The first-order valence-corrected chi connectivity index (χ1v) is 4.93. The molecule has 88 valence electrons. The van der Waals surface area contributed by atoms with E-state index >= 15 is 0 Å². The first-order chi connectivity index (χ1) is 8.02. The van der Waals surface area contributed by atoms with E-state index in [0.717, 1.165) is 36.4 Å². The molecule has 4 heteroatoms. The van der Waals surface area contributed by atoms with Crippen LogP contribution in [0.3, 0.4) is 0 Å². The molecule has 0 amide bonds. The minimum atomic E-state index is -0.711. The lowest BCUT2D eigenvalue weighted by atomic mass is 10.0. The van der Waals surface area contributed by atoms with Crippen LogP contribution in [-0.4, -0.2) is 0 Å². The van der Waals surface area contributed by atoms with Gasteiger partial charge in [-0.05, 0) is 41.8 Å². The molecule has 2 rings (SSSR count). The third kappa shape index (κ3) is 3.06. The predicted octanol–water partition coefficient (Wildman–Crippen LogP) is 3.83. The second-order valence-electron chi connectivity index (χ2n) is 3.73. The summed E-state index contributed by atoms with van der Waals surface area (Å²) in [4.78, 5) is 0. The van der Waals surface area contributed by atoms with Crippen LogP contribution < -0.4 is 0 Å². The molecular formula is C13H8F4. The summed E-state index contributed by atoms with van der Waals surface area (Å²) in [6.07, 6.45) is 0.0728. The topological polar surface area (TPSA) is 0 Å². The fourth-order valence-electron chi connectivity index (χ4n) is 1.66. The average Bonchev–Trinajstić information content (AvgIpc) is 2.13. The van der Waals surface area contributed by atoms with E-state index in [0.29, 0.717) is 11.1 Å². The Morgan fingerprint density at radius 2 is 0.824 bits per heavy atom. The van der Waals surface area contributed by atoms with Gasteiger partial charge in [0, 0.05) is 12.1 Å². The van der Waals surface area contributed by atoms with Gasteiger partial charge in [-0.15, -0.1) is 0 Å². The monoisotopic (exact) mass is 240 g/mol. The fraction of sp³-hybridized carbons (Fsp3) is 0.0769. The van der Waals surface area contributed by atoms with Crippen LogP contribution in [-0.2, 0) is 6.42 Å². The van der Waals surface area contributed by atoms with E-state index in [1.54, 1.807) is 0 Å². The predicted molar refractivity (Wildman–Crippen MR) is 55.5 cm³/mol. The van der Waals surface area contributed by atoms with Crippen LogP contribution in [0, 0.1) is 23.3 Å². The van der Waals surface area contributed by atoms with E-state index in [1.165, 1.54) is 0 Å². The van der Waals surface area contributed by atoms with Gasteiger partial charge in [-0.1, -0.05) is 0 Å². The van der Waals surface area contributed by atoms with Crippen LogP contribution in [0.15, 0.2) is 36.4 Å². The third-order valence-corrected chi connectivity index (χ3v) is 2.25. The second kappa shape index (κ2) is 4.57. The molecule has 0 fully saturated rings. The Morgan fingerprint density at radius 3 is 1.12 bits per heavy atom. The maximum atomic E-state index is 12.9. The molecule has 0 atom stereocenters. The summed E-state index contributed by atoms with van der Waals surface area (Å²) < 4.78 is 51.6. The molecule has 0 saturated heterocycles. The van der Waals surface area contributed by atoms with Crippen LogP contribution >= 0.6 is 0 Å². The van der Waals surface area contributed by atoms with Crippen LogP contribution in [0.4, 0.5) is 17.6 Å². The van der Waals surface area contributed by atoms with Crippen LogP contribution in [0.2, 0.25) is 0 Å². The van der Waals surface area contributed by atoms with Crippen molar-refractivity contribution in [2.24, 2.45) is 0 Å². The number of benzene rings is 2. The van der Waals surface area contributed by atoms with Gasteiger partial charge in [0.25, 0.3) is 0 Å². The van der Waals surface area contributed by atoms with Crippen molar-refractivity contribution in [2.75, 3.05) is 0 Å². The summed E-state index contributed by atoms with van der Waals surface area (Å²) in [6, 6.07) is 6.01. The van der Waals surface area contributed by atoms with Gasteiger partial charge in [0.15, 0.2) is 0 Å². The van der Waals surface area contributed by atoms with Crippen molar-refractivity contribution >= 4 is 0 Å². The van der Waals surface area contributed by atoms with Gasteiger partial charge in [0.1, 0.15) is 23.3 Å². The zero-order valence-electron chi connectivity index (χ0n) is 8.68. The summed E-state index contributed by atoms with van der Waals surface area (Å²) in [5, 5.41) is 0. The molecule has 0 saturated carbocycles. The molecule has 0 radical (unpaired) electrons. The highest BCUT2D eigenvalue weighted by molar-refractivity contribution is 5.27. The van der Waals surface area contributed by atoms with Gasteiger partial charge in [0.2, 0.25) is 0 Å². The largest absolute Gasteiger partial charge is 0.207 e. The van der Waals surface area contributed by atoms with Crippen molar-refractivity contribution in [1.82, 2.24) is 0 Å². The van der Waals surface area contributed by atoms with Crippen molar-refractivity contribution in [3.63, 3.8) is 0 Å². The lowest BCUT2D eigenvalue weighted by Gasteiger charge is -2.03. The molecule has 0 heterocycles. The minimum absolute atomic E-state index is 0.0728. The summed E-state index contributed by atoms with van der Waals surface area (Å²) in [7, 11) is 0. The number of hydrogen-bond acceptors (Lipinski definition) is 0. The van der Waals surface area contributed by atoms with E-state index < -0.39 is 23.3 Å². The van der Waals surface area contributed by atoms with Gasteiger partial charge < -0.3 is 0 Å². The van der Waals surface area contributed by atoms with Crippen LogP contribution in [0.1, 0.15) is 11.1 Å². The molecular weight excluding hydrogens is 232 g/mol. The Kier molecular flexibility index (Phi) is 3.13. The fourth-order valence-corrected chi connectivity index (χ4v) is 1.66. The maximum Gasteiger partial charge on any atom is 0.126 e. The molecule has 0 spiro atoms. The molecule has 0 bridgehead atoms. The molecule has 0 aliphatic rings. The van der Waals surface area contributed by atoms with Crippen LogP contribution in [0.5, 0.6) is 0 Å². The second-order valence-corrected chi connectivity index (χ2v) is 3.73. The van der Waals surface area contributed by atoms with Crippen molar-refractivity contribution in [3.8, 4) is 0 Å². The Hall–Kier alpha value is -1.84. The van der Waals surface area contributed by atoms with Crippen LogP contribution in [0.25, 0.3) is 0 Å². The van der Waals surface area contributed by atoms with E-state index in [1.807, 2.05) is 0 Å². The maximum absolute atomic E-state index is 12.9. The highest BCUT2D eigenvalue weighted by atomic mass is 19.1. The Morgan fingerprint density at radius 1 is 0.529 bits per heavy atom. The van der Waals surface area contributed by atoms with Gasteiger partial charge in [-0.2, -0.15) is 0 Å². The highest BCUT2D eigenvalue weighted by Gasteiger charge is 2.05. The molecule has 0 N–H and O–H groups in total. The number of halogens is 4. The summed E-state index contributed by atoms with van der Waals surface area (Å²) in [6.45, 7) is 0. The minimum Gasteiger partial charge on any atom is -0.207 e. The standard InChI is InChI=1S/C13H8F4/c14-10-2-8(3-11(15)6-10)1-9-4-12(16)7-13(17)5-9/h2-7H,1H2. The van der Waals surface area contributed by atoms with Gasteiger partial charge in [-0.25, -0.2) is 17.6 Å². The average molecular weight is 240 g/mol. The van der Waals surface area contributed by atoms with E-state index in [4.69, 9.17) is 0 Å². The molecule has 2 aromatic carbocycles. The molecule has 0 aromatic heterocycles. The highest BCUT2D eigenvalue weighted by Crippen LogP contribution is 2.15. The van der Waals surface area contributed by atoms with E-state index in [2.05, 4.69) is 0 Å². The molecule has 0 aliphatic carbocycles. The Balaban J connectivity index is 2.31. The lowest BCUT2D eigenvalue weighted by Crippen LogP contribution is -1.93. The number of hydrogen-bond donors (Lipinski definition) is 0. The Bertz CT molecular complexity index is 459. The summed E-state index contributed by atoms with van der Waals surface area (Å²) >= 11 is 0. The van der Waals surface area contributed by atoms with Crippen molar-refractivity contribution in [3.05, 3.63) is 70.8 Å². The van der Waals surface area contributed by atoms with Crippen molar-refractivity contribution < 1.29 is 17.6 Å². The Labute approximate surface area is 95.5 Å². The SMILES string of the molecule is Fc1cc(F)cc(Cc2cc(F)cc(F)c2)c1. The van der Waals surface area contributed by atoms with E-state index in [-0.39, 0.29) is 6.42 Å². The van der Waals surface area contributed by atoms with Gasteiger partial charge in [0.05, 0.1) is 0 Å². The zero-order valence-corrected chi connectivity index (χ0v) is 8.68. The summed E-state index contributed by atoms with van der Waals surface area (Å²) in [5.41, 5.74) is 0.653. The zero-order chi connectivity index (χ0) is 12.4. The van der Waals surface area contributed by atoms with Gasteiger partial charge >= 0.3 is 0 Å². The molecule has 2 aromatic rings. The first-order valence-electron chi connectivity index (χ1n) is 4.93. The lowest BCUT2D eigenvalue weighted by molar-refractivity contribution is 0.578. The van der Waals surface area contributed by atoms with E-state index in [9.17, 15) is 17.6 Å². The molecule has 0 aliphatic heterocycles.